The molecule has 3 rings (SSSR count). The van der Waals surface area contributed by atoms with Gasteiger partial charge in [-0.15, -0.1) is 0 Å². The molecule has 0 spiro atoms. The first-order valence-electron chi connectivity index (χ1n) is 10.3. The van der Waals surface area contributed by atoms with Gasteiger partial charge in [0.1, 0.15) is 0 Å². The molecular formula is C22H34N2O. The molecule has 0 radical (unpaired) electrons. The van der Waals surface area contributed by atoms with Gasteiger partial charge in [0.15, 0.2) is 0 Å². The summed E-state index contributed by atoms with van der Waals surface area (Å²) in [6.45, 7) is 5.75. The molecule has 0 aromatic heterocycles. The Hall–Kier alpha value is -1.35. The fraction of sp³-hybridized carbons (Fsp3) is 0.682. The second-order valence-corrected chi connectivity index (χ2v) is 8.19. The highest BCUT2D eigenvalue weighted by atomic mass is 16.1. The molecule has 2 fully saturated rings. The predicted molar refractivity (Wildman–Crippen MR) is 104 cm³/mol. The summed E-state index contributed by atoms with van der Waals surface area (Å²) in [5.41, 5.74) is 2.12. The number of rotatable bonds is 4. The average molecular weight is 343 g/mol. The number of hydrogen-bond donors (Lipinski definition) is 1. The van der Waals surface area contributed by atoms with Crippen LogP contribution in [0.1, 0.15) is 80.6 Å². The van der Waals surface area contributed by atoms with E-state index >= 15 is 0 Å². The number of benzene rings is 1. The van der Waals surface area contributed by atoms with E-state index in [1.807, 2.05) is 12.1 Å². The number of likely N-dealkylation sites (tertiary alicyclic amines) is 1. The molecule has 1 heterocycles. The molecule has 25 heavy (non-hydrogen) atoms. The molecule has 1 N–H and O–H groups in total. The van der Waals surface area contributed by atoms with E-state index in [0.29, 0.717) is 6.04 Å². The van der Waals surface area contributed by atoms with Crippen molar-refractivity contribution in [3.63, 3.8) is 0 Å². The maximum absolute atomic E-state index is 12.5. The summed E-state index contributed by atoms with van der Waals surface area (Å²) in [5, 5.41) is 3.26. The van der Waals surface area contributed by atoms with Crippen molar-refractivity contribution >= 4 is 5.91 Å². The highest BCUT2D eigenvalue weighted by Crippen LogP contribution is 2.19. The summed E-state index contributed by atoms with van der Waals surface area (Å²) in [5.74, 6) is 0.909. The van der Waals surface area contributed by atoms with Gasteiger partial charge in [-0.05, 0) is 55.8 Å². The van der Waals surface area contributed by atoms with Crippen LogP contribution < -0.4 is 5.32 Å². The Labute approximate surface area is 153 Å². The maximum atomic E-state index is 12.5. The third-order valence-corrected chi connectivity index (χ3v) is 5.80. The second kappa shape index (κ2) is 9.38. The van der Waals surface area contributed by atoms with Gasteiger partial charge in [-0.25, -0.2) is 0 Å². The zero-order valence-corrected chi connectivity index (χ0v) is 15.8. The largest absolute Gasteiger partial charge is 0.349 e. The Morgan fingerprint density at radius 1 is 1.00 bits per heavy atom. The van der Waals surface area contributed by atoms with Gasteiger partial charge in [0.05, 0.1) is 0 Å². The summed E-state index contributed by atoms with van der Waals surface area (Å²) in [6.07, 6.45) is 11.4. The van der Waals surface area contributed by atoms with E-state index in [0.717, 1.165) is 30.9 Å². The molecule has 0 bridgehead atoms. The number of carbonyl (C=O) groups is 1. The van der Waals surface area contributed by atoms with Crippen molar-refractivity contribution in [2.45, 2.75) is 77.3 Å². The van der Waals surface area contributed by atoms with E-state index in [4.69, 9.17) is 0 Å². The first kappa shape index (κ1) is 18.4. The minimum atomic E-state index is 0.101. The van der Waals surface area contributed by atoms with E-state index in [2.05, 4.69) is 29.3 Å². The first-order chi connectivity index (χ1) is 12.2. The molecule has 1 atom stereocenters. The Morgan fingerprint density at radius 2 is 1.68 bits per heavy atom. The minimum Gasteiger partial charge on any atom is -0.349 e. The molecular weight excluding hydrogens is 308 g/mol. The fourth-order valence-corrected chi connectivity index (χ4v) is 4.32. The van der Waals surface area contributed by atoms with Crippen molar-refractivity contribution in [2.75, 3.05) is 13.1 Å². The lowest BCUT2D eigenvalue weighted by Gasteiger charge is -2.30. The average Bonchev–Trinajstić information content (AvgIpc) is 2.58. The summed E-state index contributed by atoms with van der Waals surface area (Å²) < 4.78 is 0. The lowest BCUT2D eigenvalue weighted by atomic mass is 9.96. The van der Waals surface area contributed by atoms with Crippen molar-refractivity contribution in [3.8, 4) is 0 Å². The van der Waals surface area contributed by atoms with E-state index in [-0.39, 0.29) is 5.91 Å². The maximum Gasteiger partial charge on any atom is 0.251 e. The van der Waals surface area contributed by atoms with Crippen LogP contribution in [0.2, 0.25) is 0 Å². The molecule has 1 aromatic rings. The number of hydrogen-bond acceptors (Lipinski definition) is 2. The van der Waals surface area contributed by atoms with E-state index < -0.39 is 0 Å². The lowest BCUT2D eigenvalue weighted by Crippen LogP contribution is -2.35. The topological polar surface area (TPSA) is 32.3 Å². The van der Waals surface area contributed by atoms with Crippen LogP contribution in [0.15, 0.2) is 24.3 Å². The van der Waals surface area contributed by atoms with Crippen LogP contribution >= 0.6 is 0 Å². The molecule has 1 aliphatic heterocycles. The molecule has 1 saturated carbocycles. The van der Waals surface area contributed by atoms with E-state index in [1.54, 1.807) is 0 Å². The summed E-state index contributed by atoms with van der Waals surface area (Å²) in [6, 6.07) is 8.63. The number of nitrogens with zero attached hydrogens (tertiary/aromatic N) is 1. The van der Waals surface area contributed by atoms with Crippen LogP contribution in [0.5, 0.6) is 0 Å². The summed E-state index contributed by atoms with van der Waals surface area (Å²) in [7, 11) is 0. The third kappa shape index (κ3) is 5.85. The Morgan fingerprint density at radius 3 is 2.36 bits per heavy atom. The number of piperidine rings is 1. The van der Waals surface area contributed by atoms with Crippen molar-refractivity contribution in [1.29, 1.82) is 0 Å². The smallest absolute Gasteiger partial charge is 0.251 e. The summed E-state index contributed by atoms with van der Waals surface area (Å²) >= 11 is 0. The standard InChI is InChI=1S/C22H34N2O/c1-18-8-7-15-24(16-18)17-19-11-13-20(14-12-19)22(25)23-21-9-5-3-2-4-6-10-21/h11-14,18,21H,2-10,15-17H2,1H3,(H,23,25). The normalized spacial score (nSPS) is 23.6. The van der Waals surface area contributed by atoms with E-state index in [1.165, 1.54) is 63.6 Å². The van der Waals surface area contributed by atoms with Gasteiger partial charge in [-0.1, -0.05) is 51.2 Å². The van der Waals surface area contributed by atoms with Crippen molar-refractivity contribution < 1.29 is 4.79 Å². The van der Waals surface area contributed by atoms with Crippen molar-refractivity contribution in [3.05, 3.63) is 35.4 Å². The number of amides is 1. The molecule has 1 aliphatic carbocycles. The van der Waals surface area contributed by atoms with Crippen LogP contribution in [0.4, 0.5) is 0 Å². The molecule has 1 unspecified atom stereocenters. The van der Waals surface area contributed by atoms with Crippen LogP contribution in [-0.2, 0) is 6.54 Å². The molecule has 138 valence electrons. The van der Waals surface area contributed by atoms with Gasteiger partial charge in [-0.2, -0.15) is 0 Å². The van der Waals surface area contributed by atoms with Crippen molar-refractivity contribution in [2.24, 2.45) is 5.92 Å². The number of carbonyl (C=O) groups excluding carboxylic acids is 1. The molecule has 3 nitrogen and oxygen atoms in total. The highest BCUT2D eigenvalue weighted by Gasteiger charge is 2.17. The van der Waals surface area contributed by atoms with E-state index in [9.17, 15) is 4.79 Å². The van der Waals surface area contributed by atoms with Gasteiger partial charge < -0.3 is 5.32 Å². The Balaban J connectivity index is 1.51. The summed E-state index contributed by atoms with van der Waals surface area (Å²) in [4.78, 5) is 15.1. The fourth-order valence-electron chi connectivity index (χ4n) is 4.32. The van der Waals surface area contributed by atoms with Gasteiger partial charge in [-0.3, -0.25) is 9.69 Å². The van der Waals surface area contributed by atoms with Gasteiger partial charge >= 0.3 is 0 Å². The van der Waals surface area contributed by atoms with Gasteiger partial charge in [0.2, 0.25) is 0 Å². The van der Waals surface area contributed by atoms with Crippen LogP contribution in [0.25, 0.3) is 0 Å². The third-order valence-electron chi connectivity index (χ3n) is 5.80. The lowest BCUT2D eigenvalue weighted by molar-refractivity contribution is 0.0930. The molecule has 2 aliphatic rings. The molecule has 1 aromatic carbocycles. The predicted octanol–water partition coefficient (Wildman–Crippen LogP) is 4.76. The molecule has 1 amide bonds. The Kier molecular flexibility index (Phi) is 6.92. The monoisotopic (exact) mass is 342 g/mol. The molecule has 3 heteroatoms. The first-order valence-corrected chi connectivity index (χ1v) is 10.3. The van der Waals surface area contributed by atoms with Crippen LogP contribution in [0.3, 0.4) is 0 Å². The minimum absolute atomic E-state index is 0.101. The second-order valence-electron chi connectivity index (χ2n) is 8.19. The highest BCUT2D eigenvalue weighted by molar-refractivity contribution is 5.94. The SMILES string of the molecule is CC1CCCN(Cc2ccc(C(=O)NC3CCCCCCC3)cc2)C1. The zero-order valence-electron chi connectivity index (χ0n) is 15.8. The van der Waals surface area contributed by atoms with Gasteiger partial charge in [0.25, 0.3) is 5.91 Å². The van der Waals surface area contributed by atoms with Crippen molar-refractivity contribution in [1.82, 2.24) is 10.2 Å². The van der Waals surface area contributed by atoms with Gasteiger partial charge in [0, 0.05) is 24.7 Å². The molecule has 1 saturated heterocycles. The Bertz CT molecular complexity index is 531. The van der Waals surface area contributed by atoms with Crippen LogP contribution in [-0.4, -0.2) is 29.9 Å². The quantitative estimate of drug-likeness (QED) is 0.855. The number of nitrogens with one attached hydrogen (secondary N) is 1. The van der Waals surface area contributed by atoms with Crippen LogP contribution in [0, 0.1) is 5.92 Å². The zero-order chi connectivity index (χ0) is 17.5.